The zero-order chi connectivity index (χ0) is 9.10. The number of nitrogens with zero attached hydrogens (tertiary/aromatic N) is 1. The van der Waals surface area contributed by atoms with Gasteiger partial charge >= 0.3 is 0 Å². The van der Waals surface area contributed by atoms with Gasteiger partial charge in [-0.2, -0.15) is 0 Å². The summed E-state index contributed by atoms with van der Waals surface area (Å²) in [4.78, 5) is 2.45. The molecule has 0 aliphatic carbocycles. The monoisotopic (exact) mass is 186 g/mol. The summed E-state index contributed by atoms with van der Waals surface area (Å²) in [6, 6.07) is 0.984. The van der Waals surface area contributed by atoms with Gasteiger partial charge in [0.1, 0.15) is 0 Å². The van der Waals surface area contributed by atoms with Gasteiger partial charge in [0.2, 0.25) is 0 Å². The lowest BCUT2D eigenvalue weighted by molar-refractivity contribution is -0.0266. The van der Waals surface area contributed by atoms with Gasteiger partial charge in [0, 0.05) is 31.8 Å². The first kappa shape index (κ1) is 9.40. The molecular weight excluding hydrogens is 168 g/mol. The molecule has 4 nitrogen and oxygen atoms in total. The lowest BCUT2D eigenvalue weighted by Crippen LogP contribution is -2.54. The van der Waals surface area contributed by atoms with Crippen molar-refractivity contribution in [2.75, 3.05) is 39.5 Å². The fourth-order valence-corrected chi connectivity index (χ4v) is 2.14. The maximum Gasteiger partial charge on any atom is 0.0634 e. The Morgan fingerprint density at radius 2 is 2.08 bits per heavy atom. The number of hydrogen-bond acceptors (Lipinski definition) is 4. The minimum atomic E-state index is 0.403. The highest BCUT2D eigenvalue weighted by molar-refractivity contribution is 4.84. The summed E-state index contributed by atoms with van der Waals surface area (Å²) in [6.45, 7) is 5.10. The van der Waals surface area contributed by atoms with Crippen molar-refractivity contribution in [3.05, 3.63) is 0 Å². The third-order valence-corrected chi connectivity index (χ3v) is 2.92. The molecule has 0 aromatic carbocycles. The zero-order valence-electron chi connectivity index (χ0n) is 7.95. The van der Waals surface area contributed by atoms with E-state index in [1.807, 2.05) is 0 Å². The summed E-state index contributed by atoms with van der Waals surface area (Å²) in [6.07, 6.45) is 1.15. The second-order valence-electron chi connectivity index (χ2n) is 3.72. The fraction of sp³-hybridized carbons (Fsp3) is 1.00. The third kappa shape index (κ3) is 2.02. The van der Waals surface area contributed by atoms with Gasteiger partial charge in [-0.1, -0.05) is 0 Å². The predicted molar refractivity (Wildman–Crippen MR) is 49.6 cm³/mol. The Morgan fingerprint density at radius 3 is 2.77 bits per heavy atom. The Labute approximate surface area is 79.0 Å². The molecule has 0 bridgehead atoms. The van der Waals surface area contributed by atoms with Gasteiger partial charge in [0.15, 0.2) is 0 Å². The van der Waals surface area contributed by atoms with Gasteiger partial charge in [-0.05, 0) is 6.42 Å². The summed E-state index contributed by atoms with van der Waals surface area (Å²) in [5.74, 6) is 0. The number of nitrogens with two attached hydrogens (primary N) is 1. The van der Waals surface area contributed by atoms with E-state index in [0.717, 1.165) is 39.4 Å². The number of ether oxygens (including phenoxy) is 2. The Kier molecular flexibility index (Phi) is 3.16. The molecule has 2 aliphatic rings. The largest absolute Gasteiger partial charge is 0.380 e. The van der Waals surface area contributed by atoms with Gasteiger partial charge in [0.05, 0.1) is 19.8 Å². The first-order chi connectivity index (χ1) is 6.42. The van der Waals surface area contributed by atoms with Crippen LogP contribution >= 0.6 is 0 Å². The van der Waals surface area contributed by atoms with Crippen molar-refractivity contribution in [2.45, 2.75) is 18.5 Å². The van der Waals surface area contributed by atoms with Gasteiger partial charge in [-0.15, -0.1) is 0 Å². The van der Waals surface area contributed by atoms with Gasteiger partial charge in [-0.3, -0.25) is 4.90 Å². The molecule has 13 heavy (non-hydrogen) atoms. The van der Waals surface area contributed by atoms with E-state index in [9.17, 15) is 0 Å². The highest BCUT2D eigenvalue weighted by Gasteiger charge is 2.30. The summed E-state index contributed by atoms with van der Waals surface area (Å²) in [5.41, 5.74) is 5.70. The van der Waals surface area contributed by atoms with Crippen LogP contribution in [0.25, 0.3) is 0 Å². The van der Waals surface area contributed by atoms with Crippen LogP contribution < -0.4 is 5.73 Å². The highest BCUT2D eigenvalue weighted by atomic mass is 16.5. The second kappa shape index (κ2) is 4.37. The van der Waals surface area contributed by atoms with Crippen LogP contribution in [0.2, 0.25) is 0 Å². The first-order valence-electron chi connectivity index (χ1n) is 5.03. The van der Waals surface area contributed by atoms with E-state index in [4.69, 9.17) is 15.2 Å². The lowest BCUT2D eigenvalue weighted by atomic mass is 10.1. The quantitative estimate of drug-likeness (QED) is 0.627. The van der Waals surface area contributed by atoms with E-state index in [1.54, 1.807) is 0 Å². The van der Waals surface area contributed by atoms with Crippen LogP contribution in [0.3, 0.4) is 0 Å². The van der Waals surface area contributed by atoms with Crippen molar-refractivity contribution < 1.29 is 9.47 Å². The van der Waals surface area contributed by atoms with Crippen molar-refractivity contribution in [1.29, 1.82) is 0 Å². The van der Waals surface area contributed by atoms with E-state index in [0.29, 0.717) is 18.6 Å². The lowest BCUT2D eigenvalue weighted by Gasteiger charge is -2.38. The van der Waals surface area contributed by atoms with Crippen LogP contribution in [-0.4, -0.2) is 56.5 Å². The normalized spacial score (nSPS) is 36.7. The Hall–Kier alpha value is -0.160. The van der Waals surface area contributed by atoms with Crippen molar-refractivity contribution in [2.24, 2.45) is 5.73 Å². The van der Waals surface area contributed by atoms with E-state index < -0.39 is 0 Å². The molecule has 0 aromatic rings. The fourth-order valence-electron chi connectivity index (χ4n) is 2.14. The number of hydrogen-bond donors (Lipinski definition) is 1. The molecule has 2 heterocycles. The Balaban J connectivity index is 1.93. The third-order valence-electron chi connectivity index (χ3n) is 2.92. The number of rotatable bonds is 2. The Morgan fingerprint density at radius 1 is 1.23 bits per heavy atom. The number of morpholine rings is 1. The molecule has 76 valence electrons. The van der Waals surface area contributed by atoms with Gasteiger partial charge in [0.25, 0.3) is 0 Å². The molecule has 2 N–H and O–H groups in total. The van der Waals surface area contributed by atoms with Crippen molar-refractivity contribution in [1.82, 2.24) is 4.90 Å². The summed E-state index contributed by atoms with van der Waals surface area (Å²) < 4.78 is 10.8. The minimum Gasteiger partial charge on any atom is -0.380 e. The highest BCUT2D eigenvalue weighted by Crippen LogP contribution is 2.17. The molecule has 0 spiro atoms. The topological polar surface area (TPSA) is 47.7 Å². The van der Waals surface area contributed by atoms with E-state index in [2.05, 4.69) is 4.90 Å². The maximum absolute atomic E-state index is 5.70. The minimum absolute atomic E-state index is 0.403. The predicted octanol–water partition coefficient (Wildman–Crippen LogP) is -0.565. The molecule has 2 aliphatic heterocycles. The first-order valence-corrected chi connectivity index (χ1v) is 5.03. The molecule has 2 atom stereocenters. The molecule has 2 fully saturated rings. The second-order valence-corrected chi connectivity index (χ2v) is 3.72. The molecule has 2 saturated heterocycles. The van der Waals surface area contributed by atoms with Crippen LogP contribution in [0.1, 0.15) is 6.42 Å². The zero-order valence-corrected chi connectivity index (χ0v) is 7.95. The van der Waals surface area contributed by atoms with E-state index >= 15 is 0 Å². The molecule has 0 aromatic heterocycles. The van der Waals surface area contributed by atoms with Crippen LogP contribution in [0.15, 0.2) is 0 Å². The van der Waals surface area contributed by atoms with Crippen molar-refractivity contribution >= 4 is 0 Å². The molecule has 0 amide bonds. The molecule has 2 unspecified atom stereocenters. The smallest absolute Gasteiger partial charge is 0.0634 e. The van der Waals surface area contributed by atoms with Crippen LogP contribution in [0, 0.1) is 0 Å². The average Bonchev–Trinajstić information content (AvgIpc) is 2.70. The summed E-state index contributed by atoms with van der Waals surface area (Å²) >= 11 is 0. The van der Waals surface area contributed by atoms with Crippen LogP contribution in [0.4, 0.5) is 0 Å². The van der Waals surface area contributed by atoms with Crippen molar-refractivity contribution in [3.8, 4) is 0 Å². The average molecular weight is 186 g/mol. The molecule has 0 radical (unpaired) electrons. The standard InChI is InChI=1S/C9H18N2O2/c10-5-9-7-13-4-2-11(9)8-1-3-12-6-8/h8-9H,1-7,10H2. The Bertz CT molecular complexity index is 158. The maximum atomic E-state index is 5.70. The molecule has 2 rings (SSSR count). The van der Waals surface area contributed by atoms with Crippen LogP contribution in [0.5, 0.6) is 0 Å². The molecule has 4 heteroatoms. The van der Waals surface area contributed by atoms with Gasteiger partial charge < -0.3 is 15.2 Å². The molecular formula is C9H18N2O2. The summed E-state index contributed by atoms with van der Waals surface area (Å²) in [7, 11) is 0. The van der Waals surface area contributed by atoms with Crippen LogP contribution in [-0.2, 0) is 9.47 Å². The molecule has 0 saturated carbocycles. The van der Waals surface area contributed by atoms with E-state index in [1.165, 1.54) is 0 Å². The van der Waals surface area contributed by atoms with Crippen molar-refractivity contribution in [3.63, 3.8) is 0 Å². The van der Waals surface area contributed by atoms with E-state index in [-0.39, 0.29) is 0 Å². The SMILES string of the molecule is NCC1COCCN1C1CCOC1. The van der Waals surface area contributed by atoms with Gasteiger partial charge in [-0.25, -0.2) is 0 Å². The summed E-state index contributed by atoms with van der Waals surface area (Å²) in [5, 5.41) is 0.